The number of Topliss-reactive ketones (excluding diaryl/α,β-unsaturated/α-hetero) is 1. The van der Waals surface area contributed by atoms with E-state index < -0.39 is 0 Å². The maximum Gasteiger partial charge on any atom is 0.138 e. The molecule has 4 heteroatoms. The van der Waals surface area contributed by atoms with Gasteiger partial charge in [0.15, 0.2) is 0 Å². The van der Waals surface area contributed by atoms with Crippen LogP contribution >= 0.6 is 27.7 Å². The molecule has 0 saturated heterocycles. The molecule has 0 atom stereocenters. The summed E-state index contributed by atoms with van der Waals surface area (Å²) in [5.41, 5.74) is 0.850. The molecule has 0 bridgehead atoms. The van der Waals surface area contributed by atoms with Gasteiger partial charge < -0.3 is 0 Å². The van der Waals surface area contributed by atoms with Crippen molar-refractivity contribution in [2.75, 3.05) is 12.0 Å². The Hall–Kier alpha value is -0.350. The summed E-state index contributed by atoms with van der Waals surface area (Å²) >= 11 is 4.90. The van der Waals surface area contributed by atoms with Crippen molar-refractivity contribution in [3.63, 3.8) is 0 Å². The van der Waals surface area contributed by atoms with Gasteiger partial charge in [-0.15, -0.1) is 0 Å². The van der Waals surface area contributed by atoms with E-state index in [1.54, 1.807) is 17.8 Å². The van der Waals surface area contributed by atoms with Crippen LogP contribution in [0.3, 0.4) is 0 Å². The zero-order valence-corrected chi connectivity index (χ0v) is 10.8. The predicted octanol–water partition coefficient (Wildman–Crippen LogP) is 3.45. The number of carbonyl (C=O) groups is 1. The number of hydrogen-bond donors (Lipinski definition) is 0. The topological polar surface area (TPSA) is 17.1 Å². The fraction of sp³-hybridized carbons (Fsp3) is 0.364. The molecule has 0 spiro atoms. The molecule has 15 heavy (non-hydrogen) atoms. The first kappa shape index (κ1) is 12.7. The first-order chi connectivity index (χ1) is 7.13. The van der Waals surface area contributed by atoms with Gasteiger partial charge >= 0.3 is 0 Å². The Balaban J connectivity index is 2.60. The number of rotatable bonds is 5. The Morgan fingerprint density at radius 1 is 1.53 bits per heavy atom. The zero-order valence-electron chi connectivity index (χ0n) is 8.43. The van der Waals surface area contributed by atoms with Crippen molar-refractivity contribution in [1.29, 1.82) is 0 Å². The lowest BCUT2D eigenvalue weighted by Gasteiger charge is -2.03. The van der Waals surface area contributed by atoms with Gasteiger partial charge in [0.05, 0.1) is 0 Å². The van der Waals surface area contributed by atoms with Gasteiger partial charge in [-0.25, -0.2) is 4.39 Å². The highest BCUT2D eigenvalue weighted by molar-refractivity contribution is 9.10. The molecule has 0 heterocycles. The maximum atomic E-state index is 12.8. The number of thioether (sulfide) groups is 1. The summed E-state index contributed by atoms with van der Waals surface area (Å²) in [7, 11) is 0. The molecule has 0 aromatic heterocycles. The third kappa shape index (κ3) is 4.34. The van der Waals surface area contributed by atoms with Crippen molar-refractivity contribution in [2.24, 2.45) is 0 Å². The first-order valence-corrected chi connectivity index (χ1v) is 6.76. The van der Waals surface area contributed by atoms with Gasteiger partial charge in [-0.05, 0) is 29.7 Å². The molecule has 0 aliphatic heterocycles. The molecule has 0 N–H and O–H groups in total. The van der Waals surface area contributed by atoms with Crippen molar-refractivity contribution in [1.82, 2.24) is 0 Å². The molecule has 0 fully saturated rings. The van der Waals surface area contributed by atoms with E-state index in [0.717, 1.165) is 11.3 Å². The predicted molar refractivity (Wildman–Crippen MR) is 65.8 cm³/mol. The number of benzene rings is 1. The molecule has 82 valence electrons. The normalized spacial score (nSPS) is 10.3. The molecular formula is C11H12BrFOS. The SMILES string of the molecule is CSCCC(=O)Cc1ccc(F)cc1Br. The average molecular weight is 291 g/mol. The minimum atomic E-state index is -0.290. The Morgan fingerprint density at radius 2 is 2.27 bits per heavy atom. The third-order valence-electron chi connectivity index (χ3n) is 1.99. The Bertz CT molecular complexity index is 354. The standard InChI is InChI=1S/C11H12BrFOS/c1-15-5-4-10(14)6-8-2-3-9(13)7-11(8)12/h2-3,7H,4-6H2,1H3. The van der Waals surface area contributed by atoms with E-state index in [0.29, 0.717) is 17.3 Å². The largest absolute Gasteiger partial charge is 0.299 e. The summed E-state index contributed by atoms with van der Waals surface area (Å²) in [6.07, 6.45) is 2.92. The quantitative estimate of drug-likeness (QED) is 0.826. The van der Waals surface area contributed by atoms with E-state index in [4.69, 9.17) is 0 Å². The van der Waals surface area contributed by atoms with Crippen LogP contribution in [0, 0.1) is 5.82 Å². The molecule has 1 aromatic carbocycles. The fourth-order valence-electron chi connectivity index (χ4n) is 1.18. The third-order valence-corrected chi connectivity index (χ3v) is 3.34. The van der Waals surface area contributed by atoms with Gasteiger partial charge in [0.25, 0.3) is 0 Å². The molecule has 0 radical (unpaired) electrons. The summed E-state index contributed by atoms with van der Waals surface area (Å²) in [6, 6.07) is 4.41. The van der Waals surface area contributed by atoms with Crippen LogP contribution in [0.1, 0.15) is 12.0 Å². The molecule has 1 nitrogen and oxygen atoms in total. The smallest absolute Gasteiger partial charge is 0.138 e. The van der Waals surface area contributed by atoms with Crippen LogP contribution in [0.2, 0.25) is 0 Å². The lowest BCUT2D eigenvalue weighted by molar-refractivity contribution is -0.118. The highest BCUT2D eigenvalue weighted by Crippen LogP contribution is 2.19. The Morgan fingerprint density at radius 3 is 2.87 bits per heavy atom. The minimum Gasteiger partial charge on any atom is -0.299 e. The van der Waals surface area contributed by atoms with Gasteiger partial charge in [0.2, 0.25) is 0 Å². The van der Waals surface area contributed by atoms with E-state index in [-0.39, 0.29) is 11.6 Å². The second kappa shape index (κ2) is 6.28. The molecule has 0 unspecified atom stereocenters. The van der Waals surface area contributed by atoms with Crippen LogP contribution < -0.4 is 0 Å². The van der Waals surface area contributed by atoms with Crippen molar-refractivity contribution in [2.45, 2.75) is 12.8 Å². The average Bonchev–Trinajstić information content (AvgIpc) is 2.19. The highest BCUT2D eigenvalue weighted by Gasteiger charge is 2.07. The number of carbonyl (C=O) groups excluding carboxylic acids is 1. The lowest BCUT2D eigenvalue weighted by Crippen LogP contribution is -2.04. The van der Waals surface area contributed by atoms with Gasteiger partial charge in [-0.1, -0.05) is 22.0 Å². The monoisotopic (exact) mass is 290 g/mol. The fourth-order valence-corrected chi connectivity index (χ4v) is 2.10. The Kier molecular flexibility index (Phi) is 5.32. The number of ketones is 1. The Labute approximate surface area is 102 Å². The number of halogens is 2. The summed E-state index contributed by atoms with van der Waals surface area (Å²) in [6.45, 7) is 0. The molecule has 0 aliphatic carbocycles. The van der Waals surface area contributed by atoms with Gasteiger partial charge in [-0.3, -0.25) is 4.79 Å². The highest BCUT2D eigenvalue weighted by atomic mass is 79.9. The molecule has 1 rings (SSSR count). The van der Waals surface area contributed by atoms with Crippen LogP contribution in [0.5, 0.6) is 0 Å². The van der Waals surface area contributed by atoms with Crippen LogP contribution in [-0.2, 0) is 11.2 Å². The van der Waals surface area contributed by atoms with E-state index in [1.165, 1.54) is 12.1 Å². The molecular weight excluding hydrogens is 279 g/mol. The first-order valence-electron chi connectivity index (χ1n) is 4.58. The zero-order chi connectivity index (χ0) is 11.3. The summed E-state index contributed by atoms with van der Waals surface area (Å²) in [4.78, 5) is 11.5. The van der Waals surface area contributed by atoms with Crippen molar-refractivity contribution < 1.29 is 9.18 Å². The van der Waals surface area contributed by atoms with E-state index in [1.807, 2.05) is 6.26 Å². The van der Waals surface area contributed by atoms with Crippen molar-refractivity contribution in [3.05, 3.63) is 34.1 Å². The molecule has 0 amide bonds. The van der Waals surface area contributed by atoms with Crippen molar-refractivity contribution >= 4 is 33.5 Å². The number of hydrogen-bond acceptors (Lipinski definition) is 2. The van der Waals surface area contributed by atoms with E-state index >= 15 is 0 Å². The maximum absolute atomic E-state index is 12.8. The van der Waals surface area contributed by atoms with Gasteiger partial charge in [-0.2, -0.15) is 11.8 Å². The van der Waals surface area contributed by atoms with Gasteiger partial charge in [0, 0.05) is 17.3 Å². The van der Waals surface area contributed by atoms with Crippen LogP contribution in [0.15, 0.2) is 22.7 Å². The van der Waals surface area contributed by atoms with Crippen LogP contribution in [0.25, 0.3) is 0 Å². The van der Waals surface area contributed by atoms with Gasteiger partial charge in [0.1, 0.15) is 11.6 Å². The van der Waals surface area contributed by atoms with E-state index in [9.17, 15) is 9.18 Å². The van der Waals surface area contributed by atoms with Crippen LogP contribution in [-0.4, -0.2) is 17.8 Å². The molecule has 0 aliphatic rings. The summed E-state index contributed by atoms with van der Waals surface area (Å²) < 4.78 is 13.4. The second-order valence-corrected chi connectivity index (χ2v) is 5.03. The summed E-state index contributed by atoms with van der Waals surface area (Å²) in [5.74, 6) is 0.747. The van der Waals surface area contributed by atoms with Crippen molar-refractivity contribution in [3.8, 4) is 0 Å². The lowest BCUT2D eigenvalue weighted by atomic mass is 10.1. The second-order valence-electron chi connectivity index (χ2n) is 3.19. The van der Waals surface area contributed by atoms with Crippen LogP contribution in [0.4, 0.5) is 4.39 Å². The molecule has 0 saturated carbocycles. The van der Waals surface area contributed by atoms with E-state index in [2.05, 4.69) is 15.9 Å². The minimum absolute atomic E-state index is 0.191. The summed E-state index contributed by atoms with van der Waals surface area (Å²) in [5, 5.41) is 0. The molecule has 1 aromatic rings.